The van der Waals surface area contributed by atoms with E-state index in [0.29, 0.717) is 12.2 Å². The summed E-state index contributed by atoms with van der Waals surface area (Å²) in [7, 11) is -4.32. The second-order valence-corrected chi connectivity index (χ2v) is 10.3. The first-order valence-electron chi connectivity index (χ1n) is 11.4. The zero-order valence-electron chi connectivity index (χ0n) is 19.7. The molecule has 0 aliphatic heterocycles. The SMILES string of the molecule is CCCCc1nc(=O)c(S(=O)(=O)c2ccc(-c3cncc(C)c3)cc2)c(O)n1Cc1ccccc1. The predicted octanol–water partition coefficient (Wildman–Crippen LogP) is 4.54. The molecule has 180 valence electrons. The van der Waals surface area contributed by atoms with Crippen LogP contribution in [0.1, 0.15) is 36.7 Å². The average Bonchev–Trinajstić information content (AvgIpc) is 2.85. The number of rotatable bonds is 8. The molecule has 0 saturated heterocycles. The van der Waals surface area contributed by atoms with E-state index in [2.05, 4.69) is 9.97 Å². The smallest absolute Gasteiger partial charge is 0.296 e. The van der Waals surface area contributed by atoms with Crippen molar-refractivity contribution in [2.45, 2.75) is 49.4 Å². The van der Waals surface area contributed by atoms with Gasteiger partial charge in [-0.3, -0.25) is 14.3 Å². The maximum absolute atomic E-state index is 13.5. The highest BCUT2D eigenvalue weighted by molar-refractivity contribution is 7.91. The largest absolute Gasteiger partial charge is 0.493 e. The molecular weight excluding hydrogens is 462 g/mol. The van der Waals surface area contributed by atoms with E-state index in [9.17, 15) is 18.3 Å². The van der Waals surface area contributed by atoms with Crippen molar-refractivity contribution in [2.75, 3.05) is 0 Å². The topological polar surface area (TPSA) is 102 Å². The number of unbranched alkanes of at least 4 members (excludes halogenated alkanes) is 1. The lowest BCUT2D eigenvalue weighted by Crippen LogP contribution is -2.25. The van der Waals surface area contributed by atoms with Gasteiger partial charge in [-0.25, -0.2) is 8.42 Å². The first kappa shape index (κ1) is 24.3. The van der Waals surface area contributed by atoms with Crippen LogP contribution in [0.2, 0.25) is 0 Å². The van der Waals surface area contributed by atoms with Gasteiger partial charge in [0.05, 0.1) is 11.4 Å². The third-order valence-electron chi connectivity index (χ3n) is 5.77. The molecule has 0 aliphatic rings. The lowest BCUT2D eigenvalue weighted by Gasteiger charge is -2.17. The van der Waals surface area contributed by atoms with Gasteiger partial charge >= 0.3 is 0 Å². The van der Waals surface area contributed by atoms with Crippen LogP contribution in [0.3, 0.4) is 0 Å². The Hall–Kier alpha value is -3.78. The minimum atomic E-state index is -4.32. The van der Waals surface area contributed by atoms with Crippen molar-refractivity contribution in [1.82, 2.24) is 14.5 Å². The van der Waals surface area contributed by atoms with Gasteiger partial charge in [0.25, 0.3) is 5.56 Å². The molecule has 7 nitrogen and oxygen atoms in total. The van der Waals surface area contributed by atoms with Gasteiger partial charge in [0.15, 0.2) is 4.90 Å². The lowest BCUT2D eigenvalue weighted by molar-refractivity contribution is 0.388. The van der Waals surface area contributed by atoms with Crippen LogP contribution in [0.25, 0.3) is 11.1 Å². The number of hydrogen-bond acceptors (Lipinski definition) is 6. The molecule has 0 aliphatic carbocycles. The van der Waals surface area contributed by atoms with Crippen LogP contribution in [0.15, 0.2) is 87.6 Å². The Bertz CT molecular complexity index is 1500. The Morgan fingerprint density at radius 2 is 1.69 bits per heavy atom. The molecular formula is C27H27N3O4S. The van der Waals surface area contributed by atoms with Gasteiger partial charge in [-0.15, -0.1) is 0 Å². The summed E-state index contributed by atoms with van der Waals surface area (Å²) in [5.74, 6) is -0.230. The molecule has 0 radical (unpaired) electrons. The van der Waals surface area contributed by atoms with Crippen molar-refractivity contribution in [3.8, 4) is 17.0 Å². The number of hydrogen-bond donors (Lipinski definition) is 1. The predicted molar refractivity (Wildman–Crippen MR) is 134 cm³/mol. The number of aryl methyl sites for hydroxylation is 2. The van der Waals surface area contributed by atoms with Crippen molar-refractivity contribution in [2.24, 2.45) is 0 Å². The highest BCUT2D eigenvalue weighted by atomic mass is 32.2. The molecule has 2 aromatic carbocycles. The van der Waals surface area contributed by atoms with Crippen LogP contribution in [0.4, 0.5) is 0 Å². The standard InChI is InChI=1S/C27H27N3O4S/c1-3-4-10-24-29-26(31)25(27(32)30(24)18-20-8-6-5-7-9-20)35(33,34)23-13-11-21(12-14-23)22-15-19(2)16-28-17-22/h5-9,11-17,32H,3-4,10,18H2,1-2H3. The summed E-state index contributed by atoms with van der Waals surface area (Å²) in [5, 5.41) is 11.1. The van der Waals surface area contributed by atoms with Crippen molar-refractivity contribution in [3.63, 3.8) is 0 Å². The van der Waals surface area contributed by atoms with E-state index in [1.54, 1.807) is 24.5 Å². The first-order valence-corrected chi connectivity index (χ1v) is 12.9. The highest BCUT2D eigenvalue weighted by Gasteiger charge is 2.29. The third-order valence-corrected chi connectivity index (χ3v) is 7.56. The van der Waals surface area contributed by atoms with E-state index in [1.165, 1.54) is 16.7 Å². The molecule has 4 rings (SSSR count). The van der Waals surface area contributed by atoms with E-state index in [0.717, 1.165) is 35.1 Å². The molecule has 0 unspecified atom stereocenters. The molecule has 4 aromatic rings. The van der Waals surface area contributed by atoms with Crippen LogP contribution in [0.5, 0.6) is 5.88 Å². The molecule has 0 spiro atoms. The van der Waals surface area contributed by atoms with Gasteiger partial charge in [-0.05, 0) is 48.2 Å². The molecule has 0 amide bonds. The summed E-state index contributed by atoms with van der Waals surface area (Å²) in [6.07, 6.45) is 5.50. The van der Waals surface area contributed by atoms with Crippen LogP contribution in [-0.2, 0) is 22.8 Å². The summed E-state index contributed by atoms with van der Waals surface area (Å²) < 4.78 is 28.4. The van der Waals surface area contributed by atoms with Gasteiger partial charge in [0.2, 0.25) is 15.7 Å². The van der Waals surface area contributed by atoms with E-state index >= 15 is 0 Å². The lowest BCUT2D eigenvalue weighted by atomic mass is 10.1. The fourth-order valence-corrected chi connectivity index (χ4v) is 5.28. The molecule has 0 fully saturated rings. The van der Waals surface area contributed by atoms with Gasteiger partial charge in [-0.2, -0.15) is 4.98 Å². The van der Waals surface area contributed by atoms with Gasteiger partial charge in [-0.1, -0.05) is 55.8 Å². The maximum atomic E-state index is 13.5. The Morgan fingerprint density at radius 3 is 2.34 bits per heavy atom. The van der Waals surface area contributed by atoms with Crippen molar-refractivity contribution < 1.29 is 13.5 Å². The fraction of sp³-hybridized carbons (Fsp3) is 0.222. The van der Waals surface area contributed by atoms with Gasteiger partial charge in [0.1, 0.15) is 5.82 Å². The fourth-order valence-electron chi connectivity index (χ4n) is 3.92. The minimum Gasteiger partial charge on any atom is -0.493 e. The molecule has 0 saturated carbocycles. The Morgan fingerprint density at radius 1 is 0.971 bits per heavy atom. The van der Waals surface area contributed by atoms with Gasteiger partial charge in [0, 0.05) is 24.4 Å². The van der Waals surface area contributed by atoms with Crippen molar-refractivity contribution in [3.05, 3.63) is 100 Å². The van der Waals surface area contributed by atoms with E-state index in [-0.39, 0.29) is 11.4 Å². The van der Waals surface area contributed by atoms with E-state index in [1.807, 2.05) is 50.2 Å². The molecule has 8 heteroatoms. The van der Waals surface area contributed by atoms with Crippen molar-refractivity contribution >= 4 is 9.84 Å². The molecule has 0 bridgehead atoms. The van der Waals surface area contributed by atoms with E-state index < -0.39 is 26.2 Å². The molecule has 0 atom stereocenters. The number of benzene rings is 2. The van der Waals surface area contributed by atoms with E-state index in [4.69, 9.17) is 0 Å². The quantitative estimate of drug-likeness (QED) is 0.390. The summed E-state index contributed by atoms with van der Waals surface area (Å²) in [6, 6.07) is 17.5. The number of sulfone groups is 1. The number of aromatic hydroxyl groups is 1. The first-order chi connectivity index (χ1) is 16.8. The van der Waals surface area contributed by atoms with Crippen LogP contribution in [-0.4, -0.2) is 28.1 Å². The number of aromatic nitrogens is 3. The third kappa shape index (κ3) is 5.17. The average molecular weight is 490 g/mol. The van der Waals surface area contributed by atoms with Crippen LogP contribution in [0, 0.1) is 6.92 Å². The summed E-state index contributed by atoms with van der Waals surface area (Å²) in [5.41, 5.74) is 2.52. The van der Waals surface area contributed by atoms with Crippen LogP contribution < -0.4 is 5.56 Å². The Balaban J connectivity index is 1.79. The minimum absolute atomic E-state index is 0.0939. The number of nitrogens with zero attached hydrogens (tertiary/aromatic N) is 3. The normalized spacial score (nSPS) is 11.5. The molecule has 35 heavy (non-hydrogen) atoms. The van der Waals surface area contributed by atoms with Gasteiger partial charge < -0.3 is 5.11 Å². The molecule has 2 aromatic heterocycles. The van der Waals surface area contributed by atoms with Crippen LogP contribution >= 0.6 is 0 Å². The summed E-state index contributed by atoms with van der Waals surface area (Å²) in [6.45, 7) is 4.13. The zero-order chi connectivity index (χ0) is 25.0. The monoisotopic (exact) mass is 489 g/mol. The summed E-state index contributed by atoms with van der Waals surface area (Å²) >= 11 is 0. The Kier molecular flexibility index (Phi) is 7.12. The zero-order valence-corrected chi connectivity index (χ0v) is 20.5. The number of pyridine rings is 1. The second-order valence-electron chi connectivity index (χ2n) is 8.44. The second kappa shape index (κ2) is 10.2. The highest BCUT2D eigenvalue weighted by Crippen LogP contribution is 2.29. The van der Waals surface area contributed by atoms with Crippen molar-refractivity contribution in [1.29, 1.82) is 0 Å². The maximum Gasteiger partial charge on any atom is 0.296 e. The molecule has 2 heterocycles. The summed E-state index contributed by atoms with van der Waals surface area (Å²) in [4.78, 5) is 20.4. The Labute approximate surface area is 204 Å². The molecule has 1 N–H and O–H groups in total.